The predicted molar refractivity (Wildman–Crippen MR) is 85.1 cm³/mol. The van der Waals surface area contributed by atoms with Crippen molar-refractivity contribution < 1.29 is 12.8 Å². The number of nitrogens with one attached hydrogen (secondary N) is 2. The first-order valence-corrected chi connectivity index (χ1v) is 8.90. The van der Waals surface area contributed by atoms with Crippen molar-refractivity contribution in [2.24, 2.45) is 0 Å². The van der Waals surface area contributed by atoms with E-state index in [2.05, 4.69) is 20.2 Å². The molecule has 0 saturated heterocycles. The molecule has 1 aliphatic rings. The second kappa shape index (κ2) is 6.49. The average Bonchev–Trinajstić information content (AvgIpc) is 3.02. The van der Waals surface area contributed by atoms with Gasteiger partial charge in [-0.05, 0) is 49.2 Å². The molecule has 1 heterocycles. The van der Waals surface area contributed by atoms with Crippen molar-refractivity contribution in [3.63, 3.8) is 0 Å². The van der Waals surface area contributed by atoms with Gasteiger partial charge in [0.2, 0.25) is 0 Å². The van der Waals surface area contributed by atoms with Crippen LogP contribution in [-0.2, 0) is 10.0 Å². The molecule has 6 nitrogen and oxygen atoms in total. The molecule has 0 amide bonds. The first-order valence-electron chi connectivity index (χ1n) is 7.41. The van der Waals surface area contributed by atoms with Crippen LogP contribution < -0.4 is 10.0 Å². The number of hydrogen-bond acceptors (Lipinski definition) is 5. The Bertz CT molecular complexity index is 757. The molecule has 23 heavy (non-hydrogen) atoms. The van der Waals surface area contributed by atoms with Gasteiger partial charge in [0.1, 0.15) is 11.6 Å². The molecule has 0 spiro atoms. The molecule has 2 N–H and O–H groups in total. The van der Waals surface area contributed by atoms with Gasteiger partial charge in [0.15, 0.2) is 5.82 Å². The van der Waals surface area contributed by atoms with Gasteiger partial charge in [-0.2, -0.15) is 0 Å². The molecule has 1 aromatic heterocycles. The molecule has 2 aromatic rings. The summed E-state index contributed by atoms with van der Waals surface area (Å²) in [7, 11) is -3.80. The van der Waals surface area contributed by atoms with Crippen LogP contribution in [0.1, 0.15) is 25.7 Å². The molecular formula is C15H17FN4O2S. The Balaban J connectivity index is 1.68. The van der Waals surface area contributed by atoms with Crippen molar-refractivity contribution in [1.29, 1.82) is 0 Å². The highest BCUT2D eigenvalue weighted by Gasteiger charge is 2.17. The summed E-state index contributed by atoms with van der Waals surface area (Å²) in [5.74, 6) is 0.249. The molecule has 0 unspecified atom stereocenters. The highest BCUT2D eigenvalue weighted by Crippen LogP contribution is 2.21. The van der Waals surface area contributed by atoms with Gasteiger partial charge in [-0.25, -0.2) is 12.8 Å². The van der Waals surface area contributed by atoms with Crippen molar-refractivity contribution in [1.82, 2.24) is 10.2 Å². The van der Waals surface area contributed by atoms with Gasteiger partial charge < -0.3 is 5.32 Å². The third-order valence-corrected chi connectivity index (χ3v) is 5.11. The standard InChI is InChI=1S/C15H17FN4O2S/c16-11-5-7-13(8-6-11)23(21,22)20-15-10-9-14(18-19-15)17-12-3-1-2-4-12/h5-10,12H,1-4H2,(H,17,18)(H,19,20). The Hall–Kier alpha value is -2.22. The molecular weight excluding hydrogens is 319 g/mol. The quantitative estimate of drug-likeness (QED) is 0.877. The van der Waals surface area contributed by atoms with E-state index in [4.69, 9.17) is 0 Å². The van der Waals surface area contributed by atoms with Crippen LogP contribution in [0.25, 0.3) is 0 Å². The van der Waals surface area contributed by atoms with Crippen LogP contribution in [0.2, 0.25) is 0 Å². The monoisotopic (exact) mass is 336 g/mol. The van der Waals surface area contributed by atoms with Crippen LogP contribution in [0.4, 0.5) is 16.0 Å². The Labute approximate surface area is 134 Å². The van der Waals surface area contributed by atoms with Crippen molar-refractivity contribution in [2.45, 2.75) is 36.6 Å². The molecule has 1 saturated carbocycles. The Kier molecular flexibility index (Phi) is 4.42. The molecule has 1 aliphatic carbocycles. The molecule has 1 fully saturated rings. The van der Waals surface area contributed by atoms with E-state index in [0.717, 1.165) is 25.0 Å². The van der Waals surface area contributed by atoms with E-state index in [-0.39, 0.29) is 10.7 Å². The summed E-state index contributed by atoms with van der Waals surface area (Å²) in [5.41, 5.74) is 0. The Morgan fingerprint density at radius 1 is 0.957 bits per heavy atom. The third kappa shape index (κ3) is 3.95. The van der Waals surface area contributed by atoms with E-state index in [0.29, 0.717) is 11.9 Å². The highest BCUT2D eigenvalue weighted by molar-refractivity contribution is 7.92. The van der Waals surface area contributed by atoms with Crippen LogP contribution in [0.15, 0.2) is 41.3 Å². The van der Waals surface area contributed by atoms with Gasteiger partial charge in [0.25, 0.3) is 10.0 Å². The molecule has 3 rings (SSSR count). The number of sulfonamides is 1. The molecule has 1 aromatic carbocycles. The van der Waals surface area contributed by atoms with E-state index in [1.807, 2.05) is 0 Å². The predicted octanol–water partition coefficient (Wildman–Crippen LogP) is 2.77. The van der Waals surface area contributed by atoms with Gasteiger partial charge in [-0.1, -0.05) is 12.8 Å². The number of aromatic nitrogens is 2. The highest BCUT2D eigenvalue weighted by atomic mass is 32.2. The maximum atomic E-state index is 12.9. The van der Waals surface area contributed by atoms with Crippen molar-refractivity contribution in [3.8, 4) is 0 Å². The van der Waals surface area contributed by atoms with Crippen LogP contribution in [0, 0.1) is 5.82 Å². The van der Waals surface area contributed by atoms with Crippen molar-refractivity contribution in [3.05, 3.63) is 42.2 Å². The smallest absolute Gasteiger partial charge is 0.263 e. The molecule has 0 bridgehead atoms. The fourth-order valence-electron chi connectivity index (χ4n) is 2.55. The number of benzene rings is 1. The lowest BCUT2D eigenvalue weighted by Gasteiger charge is -2.12. The molecule has 0 radical (unpaired) electrons. The Morgan fingerprint density at radius 3 is 2.17 bits per heavy atom. The first-order chi connectivity index (χ1) is 11.0. The molecule has 0 atom stereocenters. The topological polar surface area (TPSA) is 84.0 Å². The second-order valence-corrected chi connectivity index (χ2v) is 7.17. The van der Waals surface area contributed by atoms with E-state index < -0.39 is 15.8 Å². The molecule has 8 heteroatoms. The maximum absolute atomic E-state index is 12.9. The zero-order valence-corrected chi connectivity index (χ0v) is 13.2. The third-order valence-electron chi connectivity index (χ3n) is 3.73. The van der Waals surface area contributed by atoms with Gasteiger partial charge >= 0.3 is 0 Å². The van der Waals surface area contributed by atoms with E-state index >= 15 is 0 Å². The average molecular weight is 336 g/mol. The van der Waals surface area contributed by atoms with Crippen LogP contribution in [0.3, 0.4) is 0 Å². The van der Waals surface area contributed by atoms with Gasteiger partial charge in [-0.3, -0.25) is 4.72 Å². The summed E-state index contributed by atoms with van der Waals surface area (Å²) < 4.78 is 39.5. The number of rotatable bonds is 5. The zero-order valence-electron chi connectivity index (χ0n) is 12.4. The summed E-state index contributed by atoms with van der Waals surface area (Å²) in [4.78, 5) is -0.0335. The van der Waals surface area contributed by atoms with Crippen LogP contribution >= 0.6 is 0 Å². The van der Waals surface area contributed by atoms with E-state index in [1.165, 1.54) is 25.0 Å². The molecule has 122 valence electrons. The first kappa shape index (κ1) is 15.7. The van der Waals surface area contributed by atoms with Crippen LogP contribution in [-0.4, -0.2) is 24.7 Å². The maximum Gasteiger partial charge on any atom is 0.263 e. The molecule has 0 aliphatic heterocycles. The number of hydrogen-bond donors (Lipinski definition) is 2. The van der Waals surface area contributed by atoms with Gasteiger partial charge in [-0.15, -0.1) is 10.2 Å². The summed E-state index contributed by atoms with van der Waals surface area (Å²) in [6.07, 6.45) is 4.64. The number of anilines is 2. The Morgan fingerprint density at radius 2 is 1.57 bits per heavy atom. The second-order valence-electron chi connectivity index (χ2n) is 5.49. The normalized spacial score (nSPS) is 15.5. The number of nitrogens with zero attached hydrogens (tertiary/aromatic N) is 2. The summed E-state index contributed by atoms with van der Waals surface area (Å²) in [5, 5.41) is 11.1. The van der Waals surface area contributed by atoms with Gasteiger partial charge in [0.05, 0.1) is 4.90 Å². The fraction of sp³-hybridized carbons (Fsp3) is 0.333. The number of halogens is 1. The minimum atomic E-state index is -3.80. The summed E-state index contributed by atoms with van der Waals surface area (Å²) in [6.45, 7) is 0. The van der Waals surface area contributed by atoms with Gasteiger partial charge in [0, 0.05) is 6.04 Å². The minimum absolute atomic E-state index is 0.0335. The largest absolute Gasteiger partial charge is 0.366 e. The minimum Gasteiger partial charge on any atom is -0.366 e. The van der Waals surface area contributed by atoms with Crippen LogP contribution in [0.5, 0.6) is 0 Å². The van der Waals surface area contributed by atoms with E-state index in [1.54, 1.807) is 12.1 Å². The van der Waals surface area contributed by atoms with E-state index in [9.17, 15) is 12.8 Å². The SMILES string of the molecule is O=S(=O)(Nc1ccc(NC2CCCC2)nn1)c1ccc(F)cc1. The zero-order chi connectivity index (χ0) is 16.3. The summed E-state index contributed by atoms with van der Waals surface area (Å²) in [6, 6.07) is 8.22. The summed E-state index contributed by atoms with van der Waals surface area (Å²) >= 11 is 0. The van der Waals surface area contributed by atoms with Crippen molar-refractivity contribution >= 4 is 21.7 Å². The lowest BCUT2D eigenvalue weighted by molar-refractivity contribution is 0.599. The lowest BCUT2D eigenvalue weighted by Crippen LogP contribution is -2.17. The van der Waals surface area contributed by atoms with Crippen molar-refractivity contribution in [2.75, 3.05) is 10.0 Å². The lowest BCUT2D eigenvalue weighted by atomic mass is 10.2. The fourth-order valence-corrected chi connectivity index (χ4v) is 3.55.